The van der Waals surface area contributed by atoms with Gasteiger partial charge < -0.3 is 10.1 Å². The Kier molecular flexibility index (Phi) is 5.56. The molecule has 5 heteroatoms. The van der Waals surface area contributed by atoms with E-state index in [1.165, 1.54) is 18.4 Å². The molecule has 2 heterocycles. The molecule has 1 N–H and O–H groups in total. The van der Waals surface area contributed by atoms with Crippen LogP contribution in [0.5, 0.6) is 0 Å². The second-order valence-corrected chi connectivity index (χ2v) is 5.83. The van der Waals surface area contributed by atoms with Crippen LogP contribution < -0.4 is 5.32 Å². The molecule has 1 unspecified atom stereocenters. The van der Waals surface area contributed by atoms with E-state index in [1.54, 1.807) is 0 Å². The highest BCUT2D eigenvalue weighted by Gasteiger charge is 2.15. The van der Waals surface area contributed by atoms with Crippen molar-refractivity contribution in [1.29, 1.82) is 0 Å². The van der Waals surface area contributed by atoms with Crippen LogP contribution in [0, 0.1) is 0 Å². The molecule has 1 aliphatic heterocycles. The predicted molar refractivity (Wildman–Crippen MR) is 85.5 cm³/mol. The largest absolute Gasteiger partial charge is 0.376 e. The summed E-state index contributed by atoms with van der Waals surface area (Å²) in [6.45, 7) is 3.41. The van der Waals surface area contributed by atoms with E-state index < -0.39 is 0 Å². The lowest BCUT2D eigenvalue weighted by molar-refractivity contribution is 0.00370. The number of nitrogens with zero attached hydrogens (tertiary/aromatic N) is 3. The molecule has 0 radical (unpaired) electrons. The van der Waals surface area contributed by atoms with E-state index >= 15 is 0 Å². The highest BCUT2D eigenvalue weighted by atomic mass is 16.5. The third kappa shape index (κ3) is 4.64. The summed E-state index contributed by atoms with van der Waals surface area (Å²) < 4.78 is 7.64. The predicted octanol–water partition coefficient (Wildman–Crippen LogP) is 2.18. The number of hydrogen-bond acceptors (Lipinski definition) is 4. The van der Waals surface area contributed by atoms with Crippen LogP contribution in [-0.4, -0.2) is 34.2 Å². The van der Waals surface area contributed by atoms with Gasteiger partial charge in [-0.2, -0.15) is 0 Å². The third-order valence-electron chi connectivity index (χ3n) is 3.99. The summed E-state index contributed by atoms with van der Waals surface area (Å²) in [6.07, 6.45) is 6.93. The molecule has 1 aromatic carbocycles. The van der Waals surface area contributed by atoms with E-state index in [9.17, 15) is 0 Å². The van der Waals surface area contributed by atoms with Gasteiger partial charge in [-0.25, -0.2) is 4.68 Å². The summed E-state index contributed by atoms with van der Waals surface area (Å²) in [5, 5.41) is 11.8. The van der Waals surface area contributed by atoms with Gasteiger partial charge in [0.1, 0.15) is 0 Å². The number of ether oxygens (including phenoxy) is 1. The third-order valence-corrected chi connectivity index (χ3v) is 3.99. The van der Waals surface area contributed by atoms with E-state index in [-0.39, 0.29) is 0 Å². The first-order valence-electron chi connectivity index (χ1n) is 8.15. The Morgan fingerprint density at radius 1 is 1.23 bits per heavy atom. The molecule has 0 saturated carbocycles. The average Bonchev–Trinajstić information content (AvgIpc) is 3.01. The van der Waals surface area contributed by atoms with Gasteiger partial charge in [-0.05, 0) is 37.8 Å². The number of nitrogens with one attached hydrogen (secondary N) is 1. The molecule has 1 fully saturated rings. The molecular weight excluding hydrogens is 276 g/mol. The van der Waals surface area contributed by atoms with E-state index in [1.807, 2.05) is 16.9 Å². The van der Waals surface area contributed by atoms with Crippen LogP contribution >= 0.6 is 0 Å². The fraction of sp³-hybridized carbons (Fsp3) is 0.529. The van der Waals surface area contributed by atoms with E-state index in [2.05, 4.69) is 39.9 Å². The van der Waals surface area contributed by atoms with Crippen molar-refractivity contribution in [3.63, 3.8) is 0 Å². The van der Waals surface area contributed by atoms with Gasteiger partial charge in [0.2, 0.25) is 0 Å². The van der Waals surface area contributed by atoms with Crippen LogP contribution in [0.2, 0.25) is 0 Å². The van der Waals surface area contributed by atoms with E-state index in [0.717, 1.165) is 44.8 Å². The van der Waals surface area contributed by atoms with Gasteiger partial charge in [-0.3, -0.25) is 0 Å². The lowest BCUT2D eigenvalue weighted by Gasteiger charge is -2.21. The van der Waals surface area contributed by atoms with Gasteiger partial charge in [0, 0.05) is 19.3 Å². The van der Waals surface area contributed by atoms with Gasteiger partial charge in [0.05, 0.1) is 18.3 Å². The maximum atomic E-state index is 5.73. The van der Waals surface area contributed by atoms with Crippen LogP contribution in [0.25, 0.3) is 0 Å². The maximum absolute atomic E-state index is 5.73. The van der Waals surface area contributed by atoms with E-state index in [0.29, 0.717) is 6.10 Å². The maximum Gasteiger partial charge on any atom is 0.0964 e. The molecule has 0 aliphatic carbocycles. The Morgan fingerprint density at radius 2 is 2.14 bits per heavy atom. The highest BCUT2D eigenvalue weighted by molar-refractivity contribution is 5.14. The Labute approximate surface area is 131 Å². The topological polar surface area (TPSA) is 52.0 Å². The zero-order valence-corrected chi connectivity index (χ0v) is 12.9. The van der Waals surface area contributed by atoms with Crippen molar-refractivity contribution >= 4 is 0 Å². The van der Waals surface area contributed by atoms with Crippen molar-refractivity contribution in [2.75, 3.05) is 13.2 Å². The summed E-state index contributed by atoms with van der Waals surface area (Å²) in [5.41, 5.74) is 2.34. The molecule has 1 atom stereocenters. The molecular formula is C17H24N4O. The van der Waals surface area contributed by atoms with Gasteiger partial charge in [-0.15, -0.1) is 5.10 Å². The fourth-order valence-corrected chi connectivity index (χ4v) is 2.76. The molecule has 0 amide bonds. The Balaban J connectivity index is 1.38. The summed E-state index contributed by atoms with van der Waals surface area (Å²) in [5.74, 6) is 0. The zero-order chi connectivity index (χ0) is 15.0. The quantitative estimate of drug-likeness (QED) is 0.796. The molecule has 1 aromatic heterocycles. The van der Waals surface area contributed by atoms with Gasteiger partial charge in [0.15, 0.2) is 0 Å². The zero-order valence-electron chi connectivity index (χ0n) is 12.9. The molecule has 1 saturated heterocycles. The van der Waals surface area contributed by atoms with Crippen LogP contribution in [0.3, 0.4) is 0 Å². The molecule has 1 aliphatic rings. The molecule has 0 bridgehead atoms. The van der Waals surface area contributed by atoms with Crippen molar-refractivity contribution in [3.8, 4) is 0 Å². The second kappa shape index (κ2) is 8.06. The molecule has 5 nitrogen and oxygen atoms in total. The first-order valence-corrected chi connectivity index (χ1v) is 8.15. The van der Waals surface area contributed by atoms with Crippen molar-refractivity contribution in [1.82, 2.24) is 20.3 Å². The summed E-state index contributed by atoms with van der Waals surface area (Å²) in [4.78, 5) is 0. The SMILES string of the molecule is c1ccc(CCNCc2cn(CC3CCCCO3)nn2)cc1. The van der Waals surface area contributed by atoms with Crippen LogP contribution in [0.1, 0.15) is 30.5 Å². The summed E-state index contributed by atoms with van der Waals surface area (Å²) >= 11 is 0. The second-order valence-electron chi connectivity index (χ2n) is 5.83. The van der Waals surface area contributed by atoms with Gasteiger partial charge in [0.25, 0.3) is 0 Å². The van der Waals surface area contributed by atoms with Crippen molar-refractivity contribution in [3.05, 3.63) is 47.8 Å². The van der Waals surface area contributed by atoms with Gasteiger partial charge >= 0.3 is 0 Å². The Morgan fingerprint density at radius 3 is 2.95 bits per heavy atom. The van der Waals surface area contributed by atoms with Crippen LogP contribution in [0.4, 0.5) is 0 Å². The minimum absolute atomic E-state index is 0.300. The normalized spacial score (nSPS) is 18.5. The number of aromatic nitrogens is 3. The summed E-state index contributed by atoms with van der Waals surface area (Å²) in [7, 11) is 0. The smallest absolute Gasteiger partial charge is 0.0964 e. The molecule has 22 heavy (non-hydrogen) atoms. The molecule has 2 aromatic rings. The first-order chi connectivity index (χ1) is 10.9. The highest BCUT2D eigenvalue weighted by Crippen LogP contribution is 2.14. The number of rotatable bonds is 7. The first kappa shape index (κ1) is 15.2. The van der Waals surface area contributed by atoms with Crippen LogP contribution in [0.15, 0.2) is 36.5 Å². The number of hydrogen-bond donors (Lipinski definition) is 1. The molecule has 3 rings (SSSR count). The Bertz CT molecular complexity index is 549. The lowest BCUT2D eigenvalue weighted by atomic mass is 10.1. The van der Waals surface area contributed by atoms with Crippen molar-refractivity contribution in [2.45, 2.75) is 44.9 Å². The minimum Gasteiger partial charge on any atom is -0.376 e. The average molecular weight is 300 g/mol. The fourth-order valence-electron chi connectivity index (χ4n) is 2.76. The minimum atomic E-state index is 0.300. The van der Waals surface area contributed by atoms with Gasteiger partial charge in [-0.1, -0.05) is 35.5 Å². The molecule has 0 spiro atoms. The monoisotopic (exact) mass is 300 g/mol. The van der Waals surface area contributed by atoms with Crippen molar-refractivity contribution in [2.24, 2.45) is 0 Å². The molecule has 118 valence electrons. The summed E-state index contributed by atoms with van der Waals surface area (Å²) in [6, 6.07) is 10.5. The lowest BCUT2D eigenvalue weighted by Crippen LogP contribution is -2.24. The Hall–Kier alpha value is -1.72. The van der Waals surface area contributed by atoms with Crippen LogP contribution in [-0.2, 0) is 24.2 Å². The van der Waals surface area contributed by atoms with Crippen molar-refractivity contribution < 1.29 is 4.74 Å². The number of benzene rings is 1. The van der Waals surface area contributed by atoms with E-state index in [4.69, 9.17) is 4.74 Å². The standard InChI is InChI=1S/C17H24N4O/c1-2-6-15(7-3-1)9-10-18-12-16-13-21(20-19-16)14-17-8-4-5-11-22-17/h1-3,6-7,13,17-18H,4-5,8-12,14H2.